The van der Waals surface area contributed by atoms with E-state index >= 15 is 0 Å². The molecule has 2 rings (SSSR count). The second-order valence-electron chi connectivity index (χ2n) is 5.71. The summed E-state index contributed by atoms with van der Waals surface area (Å²) in [4.78, 5) is 13.3. The van der Waals surface area contributed by atoms with E-state index in [9.17, 15) is 4.79 Å². The van der Waals surface area contributed by atoms with E-state index in [0.717, 1.165) is 36.4 Å². The Hall–Kier alpha value is -1.69. The molecule has 0 bridgehead atoms. The van der Waals surface area contributed by atoms with Gasteiger partial charge in [-0.25, -0.2) is 4.31 Å². The molecule has 0 saturated carbocycles. The molecular formula is C21H25NO2S2. The molecule has 0 radical (unpaired) electrons. The lowest BCUT2D eigenvalue weighted by atomic mass is 10.2. The van der Waals surface area contributed by atoms with Crippen molar-refractivity contribution in [3.63, 3.8) is 0 Å². The minimum atomic E-state index is 0.701. The third-order valence-corrected chi connectivity index (χ3v) is 5.61. The monoisotopic (exact) mass is 387 g/mol. The fourth-order valence-corrected chi connectivity index (χ4v) is 4.10. The largest absolute Gasteiger partial charge is 0.497 e. The van der Waals surface area contributed by atoms with Gasteiger partial charge in [0, 0.05) is 23.5 Å². The third-order valence-electron chi connectivity index (χ3n) is 3.79. The second kappa shape index (κ2) is 11.1. The number of allylic oxidation sites excluding steroid dienone is 1. The van der Waals surface area contributed by atoms with Crippen LogP contribution in [0.2, 0.25) is 0 Å². The number of ether oxygens (including phenoxy) is 1. The first-order chi connectivity index (χ1) is 12.7. The standard InChI is InChI=1S/C21H25NO2S2/c1-4-5-21(25-3)15-22(14-17-6-10-19(24-2)11-7-17)26-20-12-8-18(16-23)9-13-20/h5-13,16H,4,14-15H2,1-3H3/b21-5-. The maximum atomic E-state index is 10.9. The third kappa shape index (κ3) is 6.56. The van der Waals surface area contributed by atoms with Crippen molar-refractivity contribution in [3.8, 4) is 5.75 Å². The summed E-state index contributed by atoms with van der Waals surface area (Å²) in [5.74, 6) is 0.869. The first kappa shape index (κ1) is 20.6. The molecule has 0 heterocycles. The minimum Gasteiger partial charge on any atom is -0.497 e. The van der Waals surface area contributed by atoms with Crippen LogP contribution in [0.1, 0.15) is 29.3 Å². The van der Waals surface area contributed by atoms with Gasteiger partial charge in [-0.2, -0.15) is 0 Å². The van der Waals surface area contributed by atoms with Crippen molar-refractivity contribution in [1.29, 1.82) is 0 Å². The number of carbonyl (C=O) groups excluding carboxylic acids is 1. The van der Waals surface area contributed by atoms with Gasteiger partial charge < -0.3 is 4.74 Å². The molecule has 0 N–H and O–H groups in total. The van der Waals surface area contributed by atoms with E-state index in [2.05, 4.69) is 35.7 Å². The highest BCUT2D eigenvalue weighted by atomic mass is 32.2. The van der Waals surface area contributed by atoms with Gasteiger partial charge in [-0.1, -0.05) is 37.3 Å². The molecule has 5 heteroatoms. The summed E-state index contributed by atoms with van der Waals surface area (Å²) < 4.78 is 7.59. The Morgan fingerprint density at radius 1 is 1.12 bits per heavy atom. The molecule has 3 nitrogen and oxygen atoms in total. The van der Waals surface area contributed by atoms with Crippen LogP contribution in [0.15, 0.2) is 64.4 Å². The maximum absolute atomic E-state index is 10.9. The fraction of sp³-hybridized carbons (Fsp3) is 0.286. The van der Waals surface area contributed by atoms with Crippen molar-refractivity contribution < 1.29 is 9.53 Å². The van der Waals surface area contributed by atoms with Crippen LogP contribution in [0.25, 0.3) is 0 Å². The van der Waals surface area contributed by atoms with Gasteiger partial charge in [-0.3, -0.25) is 4.79 Å². The Balaban J connectivity index is 2.15. The summed E-state index contributed by atoms with van der Waals surface area (Å²) in [5, 5.41) is 0. The predicted molar refractivity (Wildman–Crippen MR) is 113 cm³/mol. The van der Waals surface area contributed by atoms with Crippen molar-refractivity contribution in [3.05, 3.63) is 70.6 Å². The van der Waals surface area contributed by atoms with Crippen molar-refractivity contribution in [1.82, 2.24) is 4.31 Å². The molecule has 138 valence electrons. The fourth-order valence-electron chi connectivity index (χ4n) is 2.43. The van der Waals surface area contributed by atoms with Crippen LogP contribution in [0.5, 0.6) is 5.75 Å². The minimum absolute atomic E-state index is 0.701. The Bertz CT molecular complexity index is 712. The van der Waals surface area contributed by atoms with Crippen LogP contribution in [-0.2, 0) is 6.54 Å². The van der Waals surface area contributed by atoms with E-state index in [1.807, 2.05) is 36.4 Å². The normalized spacial score (nSPS) is 11.6. The van der Waals surface area contributed by atoms with E-state index in [0.29, 0.717) is 5.56 Å². The summed E-state index contributed by atoms with van der Waals surface area (Å²) in [6, 6.07) is 15.9. The maximum Gasteiger partial charge on any atom is 0.150 e. The number of methoxy groups -OCH3 is 1. The topological polar surface area (TPSA) is 29.5 Å². The first-order valence-electron chi connectivity index (χ1n) is 8.52. The Morgan fingerprint density at radius 2 is 1.81 bits per heavy atom. The molecule has 2 aromatic rings. The zero-order valence-corrected chi connectivity index (χ0v) is 17.1. The van der Waals surface area contributed by atoms with E-state index < -0.39 is 0 Å². The van der Waals surface area contributed by atoms with Gasteiger partial charge in [0.15, 0.2) is 0 Å². The van der Waals surface area contributed by atoms with Crippen LogP contribution in [0.4, 0.5) is 0 Å². The van der Waals surface area contributed by atoms with Gasteiger partial charge in [0.05, 0.1) is 7.11 Å². The number of carbonyl (C=O) groups is 1. The van der Waals surface area contributed by atoms with E-state index in [1.165, 1.54) is 10.5 Å². The Labute approximate surface area is 164 Å². The number of thioether (sulfide) groups is 1. The molecule has 0 aliphatic heterocycles. The molecule has 0 aliphatic rings. The van der Waals surface area contributed by atoms with Crippen molar-refractivity contribution >= 4 is 30.0 Å². The van der Waals surface area contributed by atoms with E-state index in [-0.39, 0.29) is 0 Å². The SMILES string of the molecule is CC/C=C(/CN(Cc1ccc(OC)cc1)Sc1ccc(C=O)cc1)SC. The molecule has 0 aromatic heterocycles. The number of benzene rings is 2. The summed E-state index contributed by atoms with van der Waals surface area (Å²) in [5.41, 5.74) is 1.94. The molecular weight excluding hydrogens is 362 g/mol. The van der Waals surface area contributed by atoms with Gasteiger partial charge in [-0.15, -0.1) is 11.8 Å². The first-order valence-corrected chi connectivity index (χ1v) is 10.5. The lowest BCUT2D eigenvalue weighted by Gasteiger charge is -2.22. The Kier molecular flexibility index (Phi) is 8.81. The predicted octanol–water partition coefficient (Wildman–Crippen LogP) is 5.67. The lowest BCUT2D eigenvalue weighted by molar-refractivity contribution is 0.112. The quantitative estimate of drug-likeness (QED) is 0.387. The van der Waals surface area contributed by atoms with Crippen molar-refractivity contribution in [2.75, 3.05) is 19.9 Å². The van der Waals surface area contributed by atoms with Gasteiger partial charge >= 0.3 is 0 Å². The summed E-state index contributed by atoms with van der Waals surface area (Å²) in [7, 11) is 1.68. The molecule has 0 spiro atoms. The van der Waals surface area contributed by atoms with Gasteiger partial charge in [0.2, 0.25) is 0 Å². The van der Waals surface area contributed by atoms with Crippen LogP contribution in [0, 0.1) is 0 Å². The van der Waals surface area contributed by atoms with Crippen LogP contribution >= 0.6 is 23.7 Å². The summed E-state index contributed by atoms with van der Waals surface area (Å²) in [6.07, 6.45) is 6.31. The molecule has 0 saturated heterocycles. The van der Waals surface area contributed by atoms with Gasteiger partial charge in [0.25, 0.3) is 0 Å². The molecule has 0 fully saturated rings. The van der Waals surface area contributed by atoms with Crippen LogP contribution in [-0.4, -0.2) is 30.5 Å². The highest BCUT2D eigenvalue weighted by Crippen LogP contribution is 2.28. The number of aldehydes is 1. The molecule has 0 amide bonds. The summed E-state index contributed by atoms with van der Waals surface area (Å²) >= 11 is 3.51. The molecule has 2 aromatic carbocycles. The highest BCUT2D eigenvalue weighted by molar-refractivity contribution is 8.02. The Morgan fingerprint density at radius 3 is 2.35 bits per heavy atom. The zero-order chi connectivity index (χ0) is 18.8. The smallest absolute Gasteiger partial charge is 0.150 e. The van der Waals surface area contributed by atoms with Crippen LogP contribution in [0.3, 0.4) is 0 Å². The van der Waals surface area contributed by atoms with Gasteiger partial charge in [-0.05, 0) is 59.4 Å². The molecule has 0 aliphatic carbocycles. The zero-order valence-electron chi connectivity index (χ0n) is 15.5. The van der Waals surface area contributed by atoms with E-state index in [1.54, 1.807) is 30.8 Å². The average molecular weight is 388 g/mol. The number of hydrogen-bond donors (Lipinski definition) is 0. The number of nitrogens with zero attached hydrogens (tertiary/aromatic N) is 1. The molecule has 0 atom stereocenters. The van der Waals surface area contributed by atoms with Crippen molar-refractivity contribution in [2.45, 2.75) is 24.8 Å². The number of rotatable bonds is 10. The van der Waals surface area contributed by atoms with E-state index in [4.69, 9.17) is 4.74 Å². The molecule has 26 heavy (non-hydrogen) atoms. The van der Waals surface area contributed by atoms with Crippen LogP contribution < -0.4 is 4.74 Å². The lowest BCUT2D eigenvalue weighted by Crippen LogP contribution is -2.17. The number of hydrogen-bond acceptors (Lipinski definition) is 5. The summed E-state index contributed by atoms with van der Waals surface area (Å²) in [6.45, 7) is 3.86. The van der Waals surface area contributed by atoms with Gasteiger partial charge in [0.1, 0.15) is 12.0 Å². The average Bonchev–Trinajstić information content (AvgIpc) is 2.68. The molecule has 0 unspecified atom stereocenters. The van der Waals surface area contributed by atoms with Crippen molar-refractivity contribution in [2.24, 2.45) is 0 Å². The second-order valence-corrected chi connectivity index (χ2v) is 7.81. The highest BCUT2D eigenvalue weighted by Gasteiger charge is 2.11.